The lowest BCUT2D eigenvalue weighted by molar-refractivity contribution is 0.154. The summed E-state index contributed by atoms with van der Waals surface area (Å²) >= 11 is 0. The second kappa shape index (κ2) is 8.10. The number of sulfonamides is 1. The van der Waals surface area contributed by atoms with Gasteiger partial charge in [0.2, 0.25) is 10.0 Å². The Kier molecular flexibility index (Phi) is 5.26. The fourth-order valence-corrected chi connectivity index (χ4v) is 4.75. The smallest absolute Gasteiger partial charge is 0.212 e. The van der Waals surface area contributed by atoms with Crippen molar-refractivity contribution in [1.29, 1.82) is 0 Å². The van der Waals surface area contributed by atoms with Crippen LogP contribution in [0.5, 0.6) is 5.75 Å². The summed E-state index contributed by atoms with van der Waals surface area (Å²) in [5.41, 5.74) is 8.94. The Morgan fingerprint density at radius 3 is 2.75 bits per heavy atom. The zero-order valence-corrected chi connectivity index (χ0v) is 18.4. The van der Waals surface area contributed by atoms with Crippen LogP contribution in [0.3, 0.4) is 0 Å². The van der Waals surface area contributed by atoms with Gasteiger partial charge in [0.1, 0.15) is 30.1 Å². The summed E-state index contributed by atoms with van der Waals surface area (Å²) < 4.78 is 30.1. The second-order valence-electron chi connectivity index (χ2n) is 8.48. The fourth-order valence-electron chi connectivity index (χ4n) is 4.43. The van der Waals surface area contributed by atoms with Gasteiger partial charge in [0.25, 0.3) is 0 Å². The number of nitrogens with two attached hydrogens (primary N) is 2. The molecule has 10 heteroatoms. The van der Waals surface area contributed by atoms with Crippen LogP contribution < -0.4 is 15.6 Å². The third-order valence-corrected chi connectivity index (χ3v) is 6.91. The van der Waals surface area contributed by atoms with Gasteiger partial charge in [0, 0.05) is 30.9 Å². The molecule has 168 valence electrons. The van der Waals surface area contributed by atoms with Crippen molar-refractivity contribution < 1.29 is 13.2 Å². The van der Waals surface area contributed by atoms with Crippen molar-refractivity contribution in [2.45, 2.75) is 18.9 Å². The third-order valence-electron chi connectivity index (χ3n) is 6.17. The van der Waals surface area contributed by atoms with E-state index in [9.17, 15) is 8.42 Å². The molecule has 2 aromatic heterocycles. The molecule has 2 aliphatic rings. The molecule has 9 nitrogen and oxygen atoms in total. The minimum absolute atomic E-state index is 0.00896. The molecule has 32 heavy (non-hydrogen) atoms. The largest absolute Gasteiger partial charge is 0.492 e. The molecule has 0 bridgehead atoms. The highest BCUT2D eigenvalue weighted by molar-refractivity contribution is 7.89. The first-order valence-corrected chi connectivity index (χ1v) is 12.3. The van der Waals surface area contributed by atoms with E-state index in [1.54, 1.807) is 6.07 Å². The van der Waals surface area contributed by atoms with Crippen molar-refractivity contribution in [2.24, 2.45) is 11.1 Å². The Balaban J connectivity index is 1.41. The molecule has 0 atom stereocenters. The first kappa shape index (κ1) is 20.8. The summed E-state index contributed by atoms with van der Waals surface area (Å²) in [5, 5.41) is 5.87. The monoisotopic (exact) mass is 454 g/mol. The van der Waals surface area contributed by atoms with Gasteiger partial charge in [-0.25, -0.2) is 23.5 Å². The maximum absolute atomic E-state index is 11.2. The predicted octanol–water partition coefficient (Wildman–Crippen LogP) is 2.13. The zero-order valence-electron chi connectivity index (χ0n) is 17.6. The van der Waals surface area contributed by atoms with E-state index in [2.05, 4.69) is 37.9 Å². The van der Waals surface area contributed by atoms with Crippen LogP contribution in [0.25, 0.3) is 22.2 Å². The third kappa shape index (κ3) is 4.15. The van der Waals surface area contributed by atoms with Gasteiger partial charge in [0.15, 0.2) is 0 Å². The Morgan fingerprint density at radius 1 is 1.22 bits per heavy atom. The van der Waals surface area contributed by atoms with E-state index >= 15 is 0 Å². The molecule has 0 saturated heterocycles. The lowest BCUT2D eigenvalue weighted by atomic mass is 9.79. The lowest BCUT2D eigenvalue weighted by Gasteiger charge is -2.40. The van der Waals surface area contributed by atoms with Crippen LogP contribution in [0.1, 0.15) is 18.9 Å². The molecule has 0 radical (unpaired) electrons. The van der Waals surface area contributed by atoms with E-state index in [0.29, 0.717) is 23.5 Å². The highest BCUT2D eigenvalue weighted by atomic mass is 32.2. The van der Waals surface area contributed by atoms with Gasteiger partial charge in [-0.05, 0) is 48.7 Å². The summed E-state index contributed by atoms with van der Waals surface area (Å²) in [5.74, 6) is 1.44. The van der Waals surface area contributed by atoms with E-state index in [1.807, 2.05) is 18.2 Å². The van der Waals surface area contributed by atoms with Crippen molar-refractivity contribution >= 4 is 26.9 Å². The number of fused-ring (bicyclic) bond motifs is 1. The molecule has 3 aromatic rings. The Morgan fingerprint density at radius 2 is 2.03 bits per heavy atom. The van der Waals surface area contributed by atoms with Crippen molar-refractivity contribution in [3.63, 3.8) is 0 Å². The summed E-state index contributed by atoms with van der Waals surface area (Å²) in [6.07, 6.45) is 10.1. The van der Waals surface area contributed by atoms with Gasteiger partial charge >= 0.3 is 0 Å². The molecule has 4 N–H and O–H groups in total. The summed E-state index contributed by atoms with van der Waals surface area (Å²) in [6.45, 7) is 2.15. The standard InChI is InChI=1S/C22H26N6O3S/c23-21-20-19(16-3-1-4-18(11-16)31-7-8-32(24,29)30)13-28(22(20)26-14-25-21)17-9-15(10-17)12-27-5-2-6-27/h1-5,11,13-15,17H,6-10,12H2,(H2,23,25,26)(H2,24,29,30). The number of nitrogens with zero attached hydrogens (tertiary/aromatic N) is 4. The van der Waals surface area contributed by atoms with Gasteiger partial charge in [-0.15, -0.1) is 0 Å². The molecular weight excluding hydrogens is 428 g/mol. The minimum atomic E-state index is -3.57. The van der Waals surface area contributed by atoms with Crippen LogP contribution in [0, 0.1) is 5.92 Å². The number of benzene rings is 1. The fraction of sp³-hybridized carbons (Fsp3) is 0.364. The number of primary sulfonamides is 1. The van der Waals surface area contributed by atoms with Crippen LogP contribution in [0.4, 0.5) is 5.82 Å². The number of anilines is 1. The Labute approximate surface area is 186 Å². The molecule has 0 amide bonds. The van der Waals surface area contributed by atoms with Gasteiger partial charge in [-0.2, -0.15) is 0 Å². The number of hydrogen-bond acceptors (Lipinski definition) is 7. The summed E-state index contributed by atoms with van der Waals surface area (Å²) in [4.78, 5) is 11.1. The molecular formula is C22H26N6O3S. The average Bonchev–Trinajstić information content (AvgIpc) is 3.05. The van der Waals surface area contributed by atoms with Gasteiger partial charge in [0.05, 0.1) is 11.1 Å². The predicted molar refractivity (Wildman–Crippen MR) is 123 cm³/mol. The number of rotatable bonds is 8. The van der Waals surface area contributed by atoms with Crippen molar-refractivity contribution in [3.8, 4) is 16.9 Å². The van der Waals surface area contributed by atoms with Crippen molar-refractivity contribution in [2.75, 3.05) is 31.2 Å². The molecule has 1 fully saturated rings. The van der Waals surface area contributed by atoms with Crippen molar-refractivity contribution in [1.82, 2.24) is 19.4 Å². The molecule has 1 aliphatic heterocycles. The highest BCUT2D eigenvalue weighted by Gasteiger charge is 2.33. The normalized spacial score (nSPS) is 20.2. The van der Waals surface area contributed by atoms with E-state index in [4.69, 9.17) is 15.6 Å². The molecule has 1 saturated carbocycles. The Hall–Kier alpha value is -3.11. The molecule has 0 unspecified atom stereocenters. The van der Waals surface area contributed by atoms with E-state index < -0.39 is 10.0 Å². The van der Waals surface area contributed by atoms with Gasteiger partial charge < -0.3 is 19.9 Å². The molecule has 0 spiro atoms. The Bertz CT molecular complexity index is 1280. The topological polar surface area (TPSA) is 129 Å². The van der Waals surface area contributed by atoms with Crippen molar-refractivity contribution in [3.05, 3.63) is 49.1 Å². The van der Waals surface area contributed by atoms with E-state index in [0.717, 1.165) is 48.1 Å². The van der Waals surface area contributed by atoms with Crippen LogP contribution in [-0.2, 0) is 10.0 Å². The highest BCUT2D eigenvalue weighted by Crippen LogP contribution is 2.43. The number of nitrogen functional groups attached to an aromatic ring is 1. The van der Waals surface area contributed by atoms with Crippen LogP contribution >= 0.6 is 0 Å². The molecule has 1 aliphatic carbocycles. The number of hydrogen-bond donors (Lipinski definition) is 2. The second-order valence-corrected chi connectivity index (χ2v) is 10.2. The maximum Gasteiger partial charge on any atom is 0.212 e. The zero-order chi connectivity index (χ0) is 22.3. The number of ether oxygens (including phenoxy) is 1. The number of aromatic nitrogens is 3. The minimum Gasteiger partial charge on any atom is -0.492 e. The lowest BCUT2D eigenvalue weighted by Crippen LogP contribution is -2.37. The van der Waals surface area contributed by atoms with Crippen LogP contribution in [0.2, 0.25) is 0 Å². The van der Waals surface area contributed by atoms with Gasteiger partial charge in [-0.1, -0.05) is 12.1 Å². The molecule has 3 heterocycles. The molecule has 5 rings (SSSR count). The SMILES string of the molecule is Nc1ncnc2c1c(-c1cccc(OCCS(N)(=O)=O)c1)cn2C1CC(CN2C=CC2)C1. The van der Waals surface area contributed by atoms with Crippen LogP contribution in [0.15, 0.2) is 49.1 Å². The van der Waals surface area contributed by atoms with E-state index in [-0.39, 0.29) is 12.4 Å². The summed E-state index contributed by atoms with van der Waals surface area (Å²) in [6, 6.07) is 7.87. The first-order valence-electron chi connectivity index (χ1n) is 10.6. The molecule has 1 aromatic carbocycles. The van der Waals surface area contributed by atoms with E-state index in [1.165, 1.54) is 6.33 Å². The first-order chi connectivity index (χ1) is 15.4. The van der Waals surface area contributed by atoms with Crippen LogP contribution in [-0.4, -0.2) is 53.3 Å². The van der Waals surface area contributed by atoms with Gasteiger partial charge in [-0.3, -0.25) is 0 Å². The summed E-state index contributed by atoms with van der Waals surface area (Å²) in [7, 11) is -3.57. The average molecular weight is 455 g/mol. The quantitative estimate of drug-likeness (QED) is 0.533. The maximum atomic E-state index is 11.2.